The number of amides is 2. The lowest BCUT2D eigenvalue weighted by molar-refractivity contribution is -0.138. The fourth-order valence-electron chi connectivity index (χ4n) is 2.84. The molecular formula is C18H27N3O3. The van der Waals surface area contributed by atoms with E-state index in [1.165, 1.54) is 5.56 Å². The molecule has 6 heteroatoms. The molecule has 1 fully saturated rings. The molecule has 0 spiro atoms. The Kier molecular flexibility index (Phi) is 7.71. The molecule has 1 atom stereocenters. The highest BCUT2D eigenvalue weighted by molar-refractivity contribution is 5.88. The van der Waals surface area contributed by atoms with E-state index < -0.39 is 6.04 Å². The number of piperazine rings is 1. The average molecular weight is 333 g/mol. The van der Waals surface area contributed by atoms with E-state index in [1.54, 1.807) is 7.11 Å². The van der Waals surface area contributed by atoms with E-state index in [1.807, 2.05) is 23.1 Å². The fraction of sp³-hybridized carbons (Fsp3) is 0.556. The van der Waals surface area contributed by atoms with Crippen molar-refractivity contribution in [1.82, 2.24) is 15.5 Å². The predicted octanol–water partition coefficient (Wildman–Crippen LogP) is 0.572. The van der Waals surface area contributed by atoms with Gasteiger partial charge in [0.2, 0.25) is 11.8 Å². The Hall–Kier alpha value is -1.92. The van der Waals surface area contributed by atoms with Gasteiger partial charge >= 0.3 is 0 Å². The van der Waals surface area contributed by atoms with Crippen molar-refractivity contribution in [1.29, 1.82) is 0 Å². The molecule has 1 aromatic carbocycles. The maximum atomic E-state index is 12.5. The zero-order valence-electron chi connectivity index (χ0n) is 14.3. The lowest BCUT2D eigenvalue weighted by Gasteiger charge is -2.33. The number of nitrogens with zero attached hydrogens (tertiary/aromatic N) is 1. The van der Waals surface area contributed by atoms with Crippen LogP contribution in [0, 0.1) is 0 Å². The molecule has 0 aromatic heterocycles. The van der Waals surface area contributed by atoms with E-state index in [9.17, 15) is 9.59 Å². The minimum absolute atomic E-state index is 0.0243. The molecule has 0 radical (unpaired) electrons. The zero-order chi connectivity index (χ0) is 17.2. The summed E-state index contributed by atoms with van der Waals surface area (Å²) in [6.45, 7) is 3.11. The van der Waals surface area contributed by atoms with E-state index >= 15 is 0 Å². The van der Waals surface area contributed by atoms with E-state index in [4.69, 9.17) is 4.74 Å². The molecular weight excluding hydrogens is 306 g/mol. The quantitative estimate of drug-likeness (QED) is 0.648. The number of hydrogen-bond acceptors (Lipinski definition) is 4. The molecule has 2 rings (SSSR count). The third-order valence-corrected chi connectivity index (χ3v) is 4.14. The van der Waals surface area contributed by atoms with Gasteiger partial charge in [-0.1, -0.05) is 30.3 Å². The number of nitrogens with one attached hydrogen (secondary N) is 2. The van der Waals surface area contributed by atoms with Crippen LogP contribution in [0.1, 0.15) is 18.4 Å². The fourth-order valence-corrected chi connectivity index (χ4v) is 2.84. The maximum Gasteiger partial charge on any atom is 0.240 e. The van der Waals surface area contributed by atoms with Gasteiger partial charge in [-0.05, 0) is 18.4 Å². The summed E-state index contributed by atoms with van der Waals surface area (Å²) in [6, 6.07) is 9.86. The molecule has 2 N–H and O–H groups in total. The molecule has 6 nitrogen and oxygen atoms in total. The monoisotopic (exact) mass is 333 g/mol. The zero-order valence-corrected chi connectivity index (χ0v) is 14.3. The largest absolute Gasteiger partial charge is 0.383 e. The van der Waals surface area contributed by atoms with Crippen LogP contribution in [-0.2, 0) is 20.7 Å². The lowest BCUT2D eigenvalue weighted by Crippen LogP contribution is -2.56. The van der Waals surface area contributed by atoms with Crippen LogP contribution in [0.3, 0.4) is 0 Å². The van der Waals surface area contributed by atoms with Crippen LogP contribution >= 0.6 is 0 Å². The van der Waals surface area contributed by atoms with Gasteiger partial charge in [-0.15, -0.1) is 0 Å². The van der Waals surface area contributed by atoms with Crippen molar-refractivity contribution in [2.24, 2.45) is 0 Å². The van der Waals surface area contributed by atoms with Gasteiger partial charge in [0.25, 0.3) is 0 Å². The summed E-state index contributed by atoms with van der Waals surface area (Å²) in [6.07, 6.45) is 2.07. The Morgan fingerprint density at radius 1 is 1.38 bits per heavy atom. The van der Waals surface area contributed by atoms with Gasteiger partial charge < -0.3 is 20.3 Å². The van der Waals surface area contributed by atoms with Crippen molar-refractivity contribution in [3.63, 3.8) is 0 Å². The number of ether oxygens (including phenoxy) is 1. The Labute approximate surface area is 143 Å². The summed E-state index contributed by atoms with van der Waals surface area (Å²) < 4.78 is 4.90. The first-order chi connectivity index (χ1) is 11.7. The Morgan fingerprint density at radius 3 is 2.92 bits per heavy atom. The molecule has 1 aliphatic heterocycles. The molecule has 1 aliphatic rings. The third kappa shape index (κ3) is 5.94. The van der Waals surface area contributed by atoms with Crippen LogP contribution in [-0.4, -0.2) is 62.7 Å². The molecule has 24 heavy (non-hydrogen) atoms. The van der Waals surface area contributed by atoms with E-state index in [0.29, 0.717) is 19.7 Å². The summed E-state index contributed by atoms with van der Waals surface area (Å²) >= 11 is 0. The summed E-state index contributed by atoms with van der Waals surface area (Å²) in [4.78, 5) is 26.2. The maximum absolute atomic E-state index is 12.5. The van der Waals surface area contributed by atoms with Gasteiger partial charge in [-0.3, -0.25) is 9.59 Å². The van der Waals surface area contributed by atoms with Crippen molar-refractivity contribution >= 4 is 11.8 Å². The molecule has 1 aromatic rings. The van der Waals surface area contributed by atoms with E-state index in [-0.39, 0.29) is 18.2 Å². The molecule has 0 aliphatic carbocycles. The first-order valence-electron chi connectivity index (χ1n) is 8.52. The van der Waals surface area contributed by atoms with Crippen molar-refractivity contribution < 1.29 is 14.3 Å². The van der Waals surface area contributed by atoms with Crippen molar-refractivity contribution in [3.8, 4) is 0 Å². The molecule has 1 saturated heterocycles. The van der Waals surface area contributed by atoms with Gasteiger partial charge in [0, 0.05) is 33.3 Å². The smallest absolute Gasteiger partial charge is 0.240 e. The molecule has 1 heterocycles. The predicted molar refractivity (Wildman–Crippen MR) is 92.6 cm³/mol. The minimum Gasteiger partial charge on any atom is -0.383 e. The number of carbonyl (C=O) groups excluding carboxylic acids is 2. The average Bonchev–Trinajstić information content (AvgIpc) is 2.59. The molecule has 0 bridgehead atoms. The number of rotatable bonds is 9. The summed E-state index contributed by atoms with van der Waals surface area (Å²) in [5.41, 5.74) is 1.29. The van der Waals surface area contributed by atoms with Gasteiger partial charge in [0.1, 0.15) is 0 Å². The SMILES string of the molecule is COCCNC(=O)CC1NCCN(CCCc2ccccc2)C1=O. The first-order valence-corrected chi connectivity index (χ1v) is 8.52. The summed E-state index contributed by atoms with van der Waals surface area (Å²) in [7, 11) is 1.59. The van der Waals surface area contributed by atoms with Crippen LogP contribution in [0.5, 0.6) is 0 Å². The Morgan fingerprint density at radius 2 is 2.17 bits per heavy atom. The van der Waals surface area contributed by atoms with Crippen molar-refractivity contribution in [2.75, 3.05) is 39.9 Å². The van der Waals surface area contributed by atoms with Crippen LogP contribution in [0.25, 0.3) is 0 Å². The second-order valence-electron chi connectivity index (χ2n) is 5.97. The molecule has 1 unspecified atom stereocenters. The van der Waals surface area contributed by atoms with E-state index in [0.717, 1.165) is 25.9 Å². The minimum atomic E-state index is -0.418. The van der Waals surface area contributed by atoms with E-state index in [2.05, 4.69) is 22.8 Å². The van der Waals surface area contributed by atoms with Crippen LogP contribution < -0.4 is 10.6 Å². The summed E-state index contributed by atoms with van der Waals surface area (Å²) in [5, 5.41) is 5.90. The number of methoxy groups -OCH3 is 1. The lowest BCUT2D eigenvalue weighted by atomic mass is 10.1. The molecule has 132 valence electrons. The number of benzene rings is 1. The highest BCUT2D eigenvalue weighted by Crippen LogP contribution is 2.08. The second kappa shape index (κ2) is 10.1. The highest BCUT2D eigenvalue weighted by Gasteiger charge is 2.29. The molecule has 2 amide bonds. The van der Waals surface area contributed by atoms with Crippen LogP contribution in [0.2, 0.25) is 0 Å². The molecule has 0 saturated carbocycles. The number of carbonyl (C=O) groups is 2. The third-order valence-electron chi connectivity index (χ3n) is 4.14. The van der Waals surface area contributed by atoms with Crippen LogP contribution in [0.15, 0.2) is 30.3 Å². The second-order valence-corrected chi connectivity index (χ2v) is 5.97. The standard InChI is InChI=1S/C18H27N3O3/c1-24-13-10-20-17(22)14-16-18(23)21(12-9-19-16)11-5-8-15-6-3-2-4-7-15/h2-4,6-7,16,19H,5,8-14H2,1H3,(H,20,22). The summed E-state index contributed by atoms with van der Waals surface area (Å²) in [5.74, 6) is -0.0970. The number of aryl methyl sites for hydroxylation is 1. The normalized spacial score (nSPS) is 17.8. The van der Waals surface area contributed by atoms with Gasteiger partial charge in [0.05, 0.1) is 19.1 Å². The van der Waals surface area contributed by atoms with Gasteiger partial charge in [-0.25, -0.2) is 0 Å². The Bertz CT molecular complexity index is 522. The van der Waals surface area contributed by atoms with Crippen LogP contribution in [0.4, 0.5) is 0 Å². The van der Waals surface area contributed by atoms with Gasteiger partial charge in [0.15, 0.2) is 0 Å². The first kappa shape index (κ1) is 18.4. The van der Waals surface area contributed by atoms with Crippen molar-refractivity contribution in [2.45, 2.75) is 25.3 Å². The van der Waals surface area contributed by atoms with Crippen molar-refractivity contribution in [3.05, 3.63) is 35.9 Å². The highest BCUT2D eigenvalue weighted by atomic mass is 16.5. The Balaban J connectivity index is 1.74. The topological polar surface area (TPSA) is 70.7 Å². The number of hydrogen-bond donors (Lipinski definition) is 2. The van der Waals surface area contributed by atoms with Gasteiger partial charge in [-0.2, -0.15) is 0 Å².